The third kappa shape index (κ3) is 5.64. The van der Waals surface area contributed by atoms with Crippen molar-refractivity contribution in [3.8, 4) is 5.75 Å². The fraction of sp³-hybridized carbons (Fsp3) is 0.200. The zero-order valence-electron chi connectivity index (χ0n) is 16.2. The quantitative estimate of drug-likeness (QED) is 0.342. The van der Waals surface area contributed by atoms with Gasteiger partial charge >= 0.3 is 0 Å². The minimum atomic E-state index is 0.129. The van der Waals surface area contributed by atoms with Crippen LogP contribution in [0.1, 0.15) is 19.4 Å². The molecule has 150 valence electrons. The van der Waals surface area contributed by atoms with Gasteiger partial charge in [0.2, 0.25) is 17.8 Å². The number of hydrazone groups is 1. The fourth-order valence-electron chi connectivity index (χ4n) is 2.56. The Morgan fingerprint density at radius 1 is 1.03 bits per heavy atom. The first-order chi connectivity index (χ1) is 14.1. The summed E-state index contributed by atoms with van der Waals surface area (Å²) >= 11 is 3.38. The van der Waals surface area contributed by atoms with Gasteiger partial charge in [0.1, 0.15) is 5.75 Å². The van der Waals surface area contributed by atoms with Crippen molar-refractivity contribution in [1.82, 2.24) is 15.0 Å². The van der Waals surface area contributed by atoms with E-state index in [0.29, 0.717) is 23.4 Å². The van der Waals surface area contributed by atoms with Crippen molar-refractivity contribution in [2.24, 2.45) is 5.10 Å². The van der Waals surface area contributed by atoms with Crippen LogP contribution in [-0.2, 0) is 0 Å². The first kappa shape index (κ1) is 20.5. The van der Waals surface area contributed by atoms with E-state index < -0.39 is 0 Å². The van der Waals surface area contributed by atoms with Gasteiger partial charge < -0.3 is 15.3 Å². The molecule has 2 aromatic carbocycles. The number of hydrogen-bond acceptors (Lipinski definition) is 8. The number of aromatic nitrogens is 3. The molecule has 0 spiro atoms. The molecule has 0 fully saturated rings. The summed E-state index contributed by atoms with van der Waals surface area (Å²) in [7, 11) is 0. The molecule has 3 rings (SSSR count). The average Bonchev–Trinajstić information content (AvgIpc) is 2.72. The topological polar surface area (TPSA) is 98.6 Å². The SMILES string of the molecule is CCN(CC)c1nc(NN=Cc2cc(Br)ccc2O)nc(Nc2ccccc2)n1. The summed E-state index contributed by atoms with van der Waals surface area (Å²) in [6.07, 6.45) is 1.51. The molecule has 0 aliphatic rings. The molecular weight excluding hydrogens is 434 g/mol. The van der Waals surface area contributed by atoms with Gasteiger partial charge in [-0.15, -0.1) is 0 Å². The maximum atomic E-state index is 9.92. The number of para-hydroxylation sites is 1. The highest BCUT2D eigenvalue weighted by molar-refractivity contribution is 9.10. The minimum Gasteiger partial charge on any atom is -0.507 e. The molecule has 0 bridgehead atoms. The van der Waals surface area contributed by atoms with Crippen molar-refractivity contribution in [3.05, 3.63) is 58.6 Å². The van der Waals surface area contributed by atoms with Gasteiger partial charge in [0, 0.05) is 28.8 Å². The van der Waals surface area contributed by atoms with Crippen molar-refractivity contribution >= 4 is 45.7 Å². The number of nitrogens with one attached hydrogen (secondary N) is 2. The summed E-state index contributed by atoms with van der Waals surface area (Å²) in [5.41, 5.74) is 4.26. The summed E-state index contributed by atoms with van der Waals surface area (Å²) in [5.74, 6) is 1.39. The molecule has 0 amide bonds. The van der Waals surface area contributed by atoms with Gasteiger partial charge in [-0.2, -0.15) is 20.1 Å². The molecule has 9 heteroatoms. The number of rotatable bonds is 8. The summed E-state index contributed by atoms with van der Waals surface area (Å²) in [4.78, 5) is 15.4. The van der Waals surface area contributed by atoms with Crippen molar-refractivity contribution < 1.29 is 5.11 Å². The normalized spacial score (nSPS) is 10.9. The number of anilines is 4. The second-order valence-corrected chi connectivity index (χ2v) is 6.93. The van der Waals surface area contributed by atoms with E-state index in [1.807, 2.05) is 49.1 Å². The average molecular weight is 456 g/mol. The molecule has 1 aromatic heterocycles. The lowest BCUT2D eigenvalue weighted by molar-refractivity contribution is 0.474. The molecule has 1 heterocycles. The Bertz CT molecular complexity index is 978. The van der Waals surface area contributed by atoms with Crippen molar-refractivity contribution in [1.29, 1.82) is 0 Å². The Hall–Kier alpha value is -3.20. The standard InChI is InChI=1S/C20H22BrN7O/c1-3-28(4-2)20-25-18(23-16-8-6-5-7-9-16)24-19(26-20)27-22-13-14-12-15(21)10-11-17(14)29/h5-13,29H,3-4H2,1-2H3,(H2,23,24,25,26,27). The second kappa shape index (κ2) is 9.83. The van der Waals surface area contributed by atoms with Crippen LogP contribution < -0.4 is 15.6 Å². The highest BCUT2D eigenvalue weighted by atomic mass is 79.9. The fourth-order valence-corrected chi connectivity index (χ4v) is 2.94. The summed E-state index contributed by atoms with van der Waals surface area (Å²) in [5, 5.41) is 17.3. The number of nitrogens with zero attached hydrogens (tertiary/aromatic N) is 5. The number of phenols is 1. The highest BCUT2D eigenvalue weighted by Gasteiger charge is 2.11. The van der Waals surface area contributed by atoms with Gasteiger partial charge in [-0.1, -0.05) is 34.1 Å². The largest absolute Gasteiger partial charge is 0.507 e. The van der Waals surface area contributed by atoms with Gasteiger partial charge in [-0.25, -0.2) is 5.43 Å². The summed E-state index contributed by atoms with van der Waals surface area (Å²) < 4.78 is 0.843. The van der Waals surface area contributed by atoms with Gasteiger partial charge in [0.15, 0.2) is 0 Å². The molecule has 0 atom stereocenters. The van der Waals surface area contributed by atoms with E-state index >= 15 is 0 Å². The molecule has 29 heavy (non-hydrogen) atoms. The van der Waals surface area contributed by atoms with Crippen LogP contribution in [0.4, 0.5) is 23.5 Å². The molecular formula is C20H22BrN7O. The number of hydrogen-bond donors (Lipinski definition) is 3. The lowest BCUT2D eigenvalue weighted by atomic mass is 10.2. The molecule has 3 N–H and O–H groups in total. The number of aromatic hydroxyl groups is 1. The lowest BCUT2D eigenvalue weighted by Gasteiger charge is -2.19. The molecule has 0 saturated carbocycles. The minimum absolute atomic E-state index is 0.129. The van der Waals surface area contributed by atoms with Crippen molar-refractivity contribution in [2.75, 3.05) is 28.7 Å². The van der Waals surface area contributed by atoms with Crippen LogP contribution in [0.25, 0.3) is 0 Å². The van der Waals surface area contributed by atoms with E-state index in [9.17, 15) is 5.11 Å². The molecule has 0 aliphatic heterocycles. The highest BCUT2D eigenvalue weighted by Crippen LogP contribution is 2.21. The second-order valence-electron chi connectivity index (χ2n) is 6.02. The Morgan fingerprint density at radius 3 is 2.48 bits per heavy atom. The monoisotopic (exact) mass is 455 g/mol. The molecule has 0 saturated heterocycles. The van der Waals surface area contributed by atoms with Gasteiger partial charge in [0.05, 0.1) is 6.21 Å². The maximum absolute atomic E-state index is 9.92. The molecule has 0 radical (unpaired) electrons. The van der Waals surface area contributed by atoms with Gasteiger partial charge in [-0.3, -0.25) is 0 Å². The van der Waals surface area contributed by atoms with Crippen molar-refractivity contribution in [2.45, 2.75) is 13.8 Å². The van der Waals surface area contributed by atoms with Gasteiger partial charge in [-0.05, 0) is 44.2 Å². The number of phenolic OH excluding ortho intramolecular Hbond substituents is 1. The van der Waals surface area contributed by atoms with Crippen LogP contribution in [0.2, 0.25) is 0 Å². The number of benzene rings is 2. The zero-order valence-corrected chi connectivity index (χ0v) is 17.8. The first-order valence-corrected chi connectivity index (χ1v) is 9.99. The number of halogens is 1. The zero-order chi connectivity index (χ0) is 20.6. The van der Waals surface area contributed by atoms with E-state index in [4.69, 9.17) is 0 Å². The third-order valence-electron chi connectivity index (χ3n) is 4.06. The predicted molar refractivity (Wildman–Crippen MR) is 120 cm³/mol. The van der Waals surface area contributed by atoms with Gasteiger partial charge in [0.25, 0.3) is 0 Å². The Balaban J connectivity index is 1.86. The van der Waals surface area contributed by atoms with Crippen LogP contribution in [0, 0.1) is 0 Å². The Kier molecular flexibility index (Phi) is 6.96. The smallest absolute Gasteiger partial charge is 0.250 e. The van der Waals surface area contributed by atoms with E-state index in [1.165, 1.54) is 6.21 Å². The van der Waals surface area contributed by atoms with E-state index in [-0.39, 0.29) is 5.75 Å². The molecule has 3 aromatic rings. The van der Waals surface area contributed by atoms with Crippen LogP contribution in [0.5, 0.6) is 5.75 Å². The van der Waals surface area contributed by atoms with Crippen molar-refractivity contribution in [3.63, 3.8) is 0 Å². The molecule has 0 aliphatic carbocycles. The van der Waals surface area contributed by atoms with Crippen LogP contribution in [0.15, 0.2) is 58.1 Å². The van der Waals surface area contributed by atoms with Crippen LogP contribution in [0.3, 0.4) is 0 Å². The summed E-state index contributed by atoms with van der Waals surface area (Å²) in [6.45, 7) is 5.61. The molecule has 0 unspecified atom stereocenters. The first-order valence-electron chi connectivity index (χ1n) is 9.19. The van der Waals surface area contributed by atoms with Crippen LogP contribution >= 0.6 is 15.9 Å². The summed E-state index contributed by atoms with van der Waals surface area (Å²) in [6, 6.07) is 14.8. The van der Waals surface area contributed by atoms with E-state index in [0.717, 1.165) is 23.2 Å². The third-order valence-corrected chi connectivity index (χ3v) is 4.55. The Labute approximate surface area is 177 Å². The Morgan fingerprint density at radius 2 is 1.76 bits per heavy atom. The van der Waals surface area contributed by atoms with E-state index in [1.54, 1.807) is 18.2 Å². The molecule has 8 nitrogen and oxygen atoms in total. The predicted octanol–water partition coefficient (Wildman–Crippen LogP) is 4.38. The maximum Gasteiger partial charge on any atom is 0.250 e. The van der Waals surface area contributed by atoms with E-state index in [2.05, 4.69) is 46.7 Å². The van der Waals surface area contributed by atoms with Crippen LogP contribution in [-0.4, -0.2) is 39.4 Å². The lowest BCUT2D eigenvalue weighted by Crippen LogP contribution is -2.25.